The van der Waals surface area contributed by atoms with Crippen molar-refractivity contribution in [3.8, 4) is 0 Å². The van der Waals surface area contributed by atoms with E-state index in [0.717, 1.165) is 11.1 Å². The Morgan fingerprint density at radius 1 is 1.60 bits per heavy atom. The van der Waals surface area contributed by atoms with E-state index in [4.69, 9.17) is 17.3 Å². The van der Waals surface area contributed by atoms with Crippen LogP contribution in [0.4, 0.5) is 0 Å². The Hall–Kier alpha value is -0.880. The van der Waals surface area contributed by atoms with Gasteiger partial charge in [0.2, 0.25) is 10.0 Å². The average Bonchev–Trinajstić information content (AvgIpc) is 3.15. The molecule has 0 aromatic heterocycles. The van der Waals surface area contributed by atoms with E-state index in [-0.39, 0.29) is 12.0 Å². The summed E-state index contributed by atoms with van der Waals surface area (Å²) in [5.74, 6) is -0.134. The molecule has 1 aliphatic carbocycles. The molecule has 4 nitrogen and oxygen atoms in total. The van der Waals surface area contributed by atoms with Gasteiger partial charge in [-0.2, -0.15) is 4.31 Å². The van der Waals surface area contributed by atoms with Crippen LogP contribution in [0.15, 0.2) is 30.9 Å². The van der Waals surface area contributed by atoms with Gasteiger partial charge in [-0.25, -0.2) is 8.42 Å². The molecule has 3 unspecified atom stereocenters. The van der Waals surface area contributed by atoms with Gasteiger partial charge in [0, 0.05) is 30.6 Å². The first-order valence-electron chi connectivity index (χ1n) is 6.47. The van der Waals surface area contributed by atoms with Gasteiger partial charge in [-0.05, 0) is 29.7 Å². The normalized spacial score (nSPS) is 32.6. The van der Waals surface area contributed by atoms with E-state index in [2.05, 4.69) is 6.58 Å². The molecule has 3 rings (SSSR count). The molecule has 1 saturated carbocycles. The molecule has 1 aromatic rings. The number of halogens is 1. The summed E-state index contributed by atoms with van der Waals surface area (Å²) in [6.45, 7) is 4.06. The highest BCUT2D eigenvalue weighted by Gasteiger charge is 2.69. The third kappa shape index (κ3) is 1.64. The molecule has 0 radical (unpaired) electrons. The van der Waals surface area contributed by atoms with Crippen molar-refractivity contribution in [2.24, 2.45) is 11.7 Å². The van der Waals surface area contributed by atoms with Gasteiger partial charge >= 0.3 is 0 Å². The van der Waals surface area contributed by atoms with Crippen molar-refractivity contribution in [2.45, 2.75) is 23.8 Å². The highest BCUT2D eigenvalue weighted by Crippen LogP contribution is 2.63. The Balaban J connectivity index is 2.22. The quantitative estimate of drug-likeness (QED) is 0.848. The molecule has 0 saturated heterocycles. The SMILES string of the molecule is C=CC(N)C1CC12c1cc(Cl)ccc1CN(C)S2(=O)=O. The highest BCUT2D eigenvalue weighted by molar-refractivity contribution is 7.90. The Labute approximate surface area is 124 Å². The minimum absolute atomic E-state index is 0.134. The van der Waals surface area contributed by atoms with Crippen LogP contribution < -0.4 is 5.73 Å². The second-order valence-corrected chi connectivity index (χ2v) is 8.31. The molecule has 0 amide bonds. The third-order valence-electron chi connectivity index (χ3n) is 4.49. The van der Waals surface area contributed by atoms with Crippen molar-refractivity contribution >= 4 is 21.6 Å². The number of sulfonamides is 1. The zero-order chi connectivity index (χ0) is 14.7. The summed E-state index contributed by atoms with van der Waals surface area (Å²) in [6.07, 6.45) is 2.15. The summed E-state index contributed by atoms with van der Waals surface area (Å²) >= 11 is 6.06. The maximum atomic E-state index is 12.8. The zero-order valence-corrected chi connectivity index (χ0v) is 12.8. The maximum absolute atomic E-state index is 12.8. The van der Waals surface area contributed by atoms with Crippen molar-refractivity contribution < 1.29 is 8.42 Å². The number of nitrogens with zero attached hydrogens (tertiary/aromatic N) is 1. The predicted octanol–water partition coefficient (Wildman–Crippen LogP) is 1.84. The fourth-order valence-corrected chi connectivity index (χ4v) is 5.74. The van der Waals surface area contributed by atoms with E-state index in [0.29, 0.717) is 18.0 Å². The van der Waals surface area contributed by atoms with Crippen molar-refractivity contribution in [2.75, 3.05) is 7.05 Å². The Morgan fingerprint density at radius 2 is 2.30 bits per heavy atom. The van der Waals surface area contributed by atoms with Crippen LogP contribution in [0, 0.1) is 5.92 Å². The minimum Gasteiger partial charge on any atom is -0.324 e. The van der Waals surface area contributed by atoms with E-state index in [1.54, 1.807) is 25.3 Å². The molecule has 108 valence electrons. The van der Waals surface area contributed by atoms with Gasteiger partial charge in [-0.15, -0.1) is 6.58 Å². The van der Waals surface area contributed by atoms with Crippen molar-refractivity contribution in [1.29, 1.82) is 0 Å². The summed E-state index contributed by atoms with van der Waals surface area (Å²) in [4.78, 5) is 0. The van der Waals surface area contributed by atoms with E-state index >= 15 is 0 Å². The van der Waals surface area contributed by atoms with Crippen LogP contribution in [0.1, 0.15) is 17.5 Å². The Morgan fingerprint density at radius 3 is 2.95 bits per heavy atom. The number of nitrogens with two attached hydrogens (primary N) is 1. The Kier molecular flexibility index (Phi) is 3.03. The first-order chi connectivity index (χ1) is 9.34. The maximum Gasteiger partial charge on any atom is 0.224 e. The Bertz CT molecular complexity index is 688. The molecule has 6 heteroatoms. The van der Waals surface area contributed by atoms with Gasteiger partial charge in [-0.3, -0.25) is 0 Å². The lowest BCUT2D eigenvalue weighted by Gasteiger charge is -2.34. The molecule has 3 atom stereocenters. The van der Waals surface area contributed by atoms with E-state index < -0.39 is 14.8 Å². The van der Waals surface area contributed by atoms with Gasteiger partial charge in [-0.1, -0.05) is 23.7 Å². The van der Waals surface area contributed by atoms with Gasteiger partial charge in [0.05, 0.1) is 0 Å². The van der Waals surface area contributed by atoms with Crippen molar-refractivity contribution in [1.82, 2.24) is 4.31 Å². The zero-order valence-electron chi connectivity index (χ0n) is 11.2. The summed E-state index contributed by atoms with van der Waals surface area (Å²) in [6, 6.07) is 5.14. The molecule has 1 aliphatic heterocycles. The fraction of sp³-hybridized carbons (Fsp3) is 0.429. The van der Waals surface area contributed by atoms with Crippen LogP contribution in [0.25, 0.3) is 0 Å². The summed E-state index contributed by atoms with van der Waals surface area (Å²) in [7, 11) is -1.80. The molecule has 2 aliphatic rings. The van der Waals surface area contributed by atoms with Crippen molar-refractivity contribution in [3.63, 3.8) is 0 Å². The molecule has 1 fully saturated rings. The van der Waals surface area contributed by atoms with Crippen molar-refractivity contribution in [3.05, 3.63) is 47.0 Å². The average molecular weight is 313 g/mol. The molecule has 0 bridgehead atoms. The fourth-order valence-electron chi connectivity index (χ4n) is 3.31. The van der Waals surface area contributed by atoms with E-state index in [1.165, 1.54) is 4.31 Å². The third-order valence-corrected chi connectivity index (χ3v) is 7.29. The highest BCUT2D eigenvalue weighted by atomic mass is 35.5. The first kappa shape index (κ1) is 14.1. The van der Waals surface area contributed by atoms with Crippen LogP contribution in [-0.2, 0) is 21.3 Å². The second-order valence-electron chi connectivity index (χ2n) is 5.58. The van der Waals surface area contributed by atoms with Crippen LogP contribution >= 0.6 is 11.6 Å². The van der Waals surface area contributed by atoms with Crippen LogP contribution in [0.3, 0.4) is 0 Å². The molecule has 1 aromatic carbocycles. The monoisotopic (exact) mass is 312 g/mol. The summed E-state index contributed by atoms with van der Waals surface area (Å²) < 4.78 is 26.1. The molecular weight excluding hydrogens is 296 g/mol. The number of hydrogen-bond donors (Lipinski definition) is 1. The minimum atomic E-state index is -3.42. The summed E-state index contributed by atoms with van der Waals surface area (Å²) in [5.41, 5.74) is 7.83. The van der Waals surface area contributed by atoms with Gasteiger partial charge in [0.25, 0.3) is 0 Å². The lowest BCUT2D eigenvalue weighted by Crippen LogP contribution is -2.43. The lowest BCUT2D eigenvalue weighted by molar-refractivity contribution is 0.429. The molecule has 20 heavy (non-hydrogen) atoms. The van der Waals surface area contributed by atoms with Gasteiger partial charge in [0.15, 0.2) is 0 Å². The number of benzene rings is 1. The standard InChI is InChI=1S/C14H17ClN2O2S/c1-3-13(16)12-7-14(12)11-6-10(15)5-4-9(11)8-17(2)20(14,18)19/h3-6,12-13H,1,7-8,16H2,2H3. The topological polar surface area (TPSA) is 63.4 Å². The van der Waals surface area contributed by atoms with Gasteiger partial charge in [0.1, 0.15) is 4.75 Å². The molecular formula is C14H17ClN2O2S. The second kappa shape index (κ2) is 4.31. The van der Waals surface area contributed by atoms with E-state index in [1.807, 2.05) is 6.07 Å². The molecule has 1 spiro atoms. The number of fused-ring (bicyclic) bond motifs is 2. The van der Waals surface area contributed by atoms with Crippen LogP contribution in [0.5, 0.6) is 0 Å². The molecule has 2 N–H and O–H groups in total. The van der Waals surface area contributed by atoms with Crippen LogP contribution in [0.2, 0.25) is 5.02 Å². The summed E-state index contributed by atoms with van der Waals surface area (Å²) in [5, 5.41) is 0.556. The number of hydrogen-bond acceptors (Lipinski definition) is 3. The smallest absolute Gasteiger partial charge is 0.224 e. The van der Waals surface area contributed by atoms with Gasteiger partial charge < -0.3 is 5.73 Å². The first-order valence-corrected chi connectivity index (χ1v) is 8.29. The molecule has 1 heterocycles. The lowest BCUT2D eigenvalue weighted by atomic mass is 9.99. The predicted molar refractivity (Wildman–Crippen MR) is 79.8 cm³/mol. The van der Waals surface area contributed by atoms with Crippen LogP contribution in [-0.4, -0.2) is 25.8 Å². The van der Waals surface area contributed by atoms with E-state index in [9.17, 15) is 8.42 Å². The largest absolute Gasteiger partial charge is 0.324 e. The number of rotatable bonds is 2.